The molecule has 0 fully saturated rings. The summed E-state index contributed by atoms with van der Waals surface area (Å²) in [5, 5.41) is 0.291. The average Bonchev–Trinajstić information content (AvgIpc) is 2.44. The van der Waals surface area contributed by atoms with Crippen LogP contribution in [-0.4, -0.2) is 15.5 Å². The quantitative estimate of drug-likeness (QED) is 0.803. The number of methoxy groups -OCH3 is 1. The molecule has 6 heteroatoms. The predicted molar refractivity (Wildman–Crippen MR) is 81.7 cm³/mol. The van der Waals surface area contributed by atoms with Gasteiger partial charge in [-0.1, -0.05) is 23.7 Å². The topological polar surface area (TPSA) is 52.6 Å². The molecule has 0 aliphatic rings. The van der Waals surface area contributed by atoms with Gasteiger partial charge in [-0.05, 0) is 49.2 Å². The van der Waals surface area contributed by atoms with Crippen LogP contribution in [0.1, 0.15) is 11.1 Å². The van der Waals surface area contributed by atoms with Crippen LogP contribution in [0.5, 0.6) is 11.5 Å². The van der Waals surface area contributed by atoms with Gasteiger partial charge in [0.1, 0.15) is 16.4 Å². The van der Waals surface area contributed by atoms with Gasteiger partial charge in [0.25, 0.3) is 0 Å². The third-order valence-electron chi connectivity index (χ3n) is 3.15. The molecule has 0 aliphatic carbocycles. The summed E-state index contributed by atoms with van der Waals surface area (Å²) < 4.78 is 35.2. The van der Waals surface area contributed by atoms with Crippen molar-refractivity contribution in [3.8, 4) is 11.5 Å². The van der Waals surface area contributed by atoms with E-state index in [1.165, 1.54) is 19.2 Å². The Morgan fingerprint density at radius 3 is 2.43 bits per heavy atom. The van der Waals surface area contributed by atoms with E-state index in [-0.39, 0.29) is 16.4 Å². The number of hydrogen-bond acceptors (Lipinski definition) is 4. The van der Waals surface area contributed by atoms with E-state index in [0.717, 1.165) is 11.1 Å². The van der Waals surface area contributed by atoms with E-state index in [1.807, 2.05) is 13.0 Å². The molecule has 0 spiro atoms. The molecule has 21 heavy (non-hydrogen) atoms. The number of ether oxygens (including phenoxy) is 1. The fraction of sp³-hybridized carbons (Fsp3) is 0.200. The lowest BCUT2D eigenvalue weighted by atomic mass is 10.1. The summed E-state index contributed by atoms with van der Waals surface area (Å²) in [5.74, 6) is 0.474. The molecule has 0 bridgehead atoms. The third-order valence-corrected chi connectivity index (χ3v) is 4.64. The Labute approximate surface area is 129 Å². The van der Waals surface area contributed by atoms with E-state index < -0.39 is 10.1 Å². The van der Waals surface area contributed by atoms with Gasteiger partial charge in [0.05, 0.1) is 7.11 Å². The van der Waals surface area contributed by atoms with E-state index in [2.05, 4.69) is 0 Å². The molecule has 0 heterocycles. The molecule has 0 aliphatic heterocycles. The Hall–Kier alpha value is -1.72. The van der Waals surface area contributed by atoms with Crippen LogP contribution in [-0.2, 0) is 10.1 Å². The molecule has 0 saturated heterocycles. The molecule has 0 unspecified atom stereocenters. The fourth-order valence-electron chi connectivity index (χ4n) is 1.82. The molecule has 0 atom stereocenters. The van der Waals surface area contributed by atoms with Crippen molar-refractivity contribution < 1.29 is 17.3 Å². The zero-order chi connectivity index (χ0) is 15.6. The minimum absolute atomic E-state index is 0.0987. The lowest BCUT2D eigenvalue weighted by molar-refractivity contribution is 0.398. The Bertz CT molecular complexity index is 769. The summed E-state index contributed by atoms with van der Waals surface area (Å²) in [6.45, 7) is 3.68. The van der Waals surface area contributed by atoms with Gasteiger partial charge >= 0.3 is 10.1 Å². The SMILES string of the molecule is COc1ccc(Cl)cc1S(=O)(=O)Oc1cccc(C)c1C. The molecule has 0 radical (unpaired) electrons. The molecular formula is C15H15ClO4S. The Morgan fingerprint density at radius 1 is 1.05 bits per heavy atom. The summed E-state index contributed by atoms with van der Waals surface area (Å²) >= 11 is 5.86. The van der Waals surface area contributed by atoms with Gasteiger partial charge in [-0.15, -0.1) is 0 Å². The molecule has 0 saturated carbocycles. The number of hydrogen-bond donors (Lipinski definition) is 0. The van der Waals surface area contributed by atoms with Crippen molar-refractivity contribution in [2.24, 2.45) is 0 Å². The van der Waals surface area contributed by atoms with Gasteiger partial charge < -0.3 is 8.92 Å². The maximum Gasteiger partial charge on any atom is 0.342 e. The zero-order valence-electron chi connectivity index (χ0n) is 11.9. The highest BCUT2D eigenvalue weighted by molar-refractivity contribution is 7.87. The molecule has 2 aromatic rings. The van der Waals surface area contributed by atoms with Crippen LogP contribution < -0.4 is 8.92 Å². The van der Waals surface area contributed by atoms with E-state index in [1.54, 1.807) is 25.1 Å². The highest BCUT2D eigenvalue weighted by Crippen LogP contribution is 2.31. The minimum Gasteiger partial charge on any atom is -0.495 e. The van der Waals surface area contributed by atoms with E-state index in [0.29, 0.717) is 5.02 Å². The Kier molecular flexibility index (Phi) is 4.44. The molecule has 2 aromatic carbocycles. The summed E-state index contributed by atoms with van der Waals surface area (Å²) in [7, 11) is -2.64. The molecule has 0 aromatic heterocycles. The molecule has 2 rings (SSSR count). The standard InChI is InChI=1S/C15H15ClO4S/c1-10-5-4-6-13(11(10)2)20-21(17,18)15-9-12(16)7-8-14(15)19-3/h4-9H,1-3H3. The summed E-state index contributed by atoms with van der Waals surface area (Å²) in [6, 6.07) is 9.58. The monoisotopic (exact) mass is 326 g/mol. The van der Waals surface area contributed by atoms with Crippen LogP contribution >= 0.6 is 11.6 Å². The van der Waals surface area contributed by atoms with Crippen molar-refractivity contribution in [2.75, 3.05) is 7.11 Å². The maximum absolute atomic E-state index is 12.4. The van der Waals surface area contributed by atoms with Gasteiger partial charge in [-0.2, -0.15) is 8.42 Å². The fourth-order valence-corrected chi connectivity index (χ4v) is 3.24. The van der Waals surface area contributed by atoms with Crippen molar-refractivity contribution >= 4 is 21.7 Å². The van der Waals surface area contributed by atoms with E-state index in [4.69, 9.17) is 20.5 Å². The van der Waals surface area contributed by atoms with Gasteiger partial charge in [0.2, 0.25) is 0 Å². The van der Waals surface area contributed by atoms with Crippen LogP contribution in [0.3, 0.4) is 0 Å². The van der Waals surface area contributed by atoms with Crippen LogP contribution in [0.25, 0.3) is 0 Å². The molecule has 112 valence electrons. The Morgan fingerprint density at radius 2 is 1.76 bits per heavy atom. The second-order valence-electron chi connectivity index (χ2n) is 4.53. The van der Waals surface area contributed by atoms with Crippen LogP contribution in [0.15, 0.2) is 41.3 Å². The van der Waals surface area contributed by atoms with Crippen LogP contribution in [0.2, 0.25) is 5.02 Å². The summed E-state index contributed by atoms with van der Waals surface area (Å²) in [6.07, 6.45) is 0. The molecule has 0 N–H and O–H groups in total. The van der Waals surface area contributed by atoms with Crippen molar-refractivity contribution in [3.05, 3.63) is 52.5 Å². The first-order valence-electron chi connectivity index (χ1n) is 6.19. The normalized spacial score (nSPS) is 11.2. The largest absolute Gasteiger partial charge is 0.495 e. The Balaban J connectivity index is 2.48. The number of halogens is 1. The maximum atomic E-state index is 12.4. The number of rotatable bonds is 4. The van der Waals surface area contributed by atoms with Crippen LogP contribution in [0, 0.1) is 13.8 Å². The molecule has 0 amide bonds. The van der Waals surface area contributed by atoms with Gasteiger partial charge in [-0.3, -0.25) is 0 Å². The molecular weight excluding hydrogens is 312 g/mol. The van der Waals surface area contributed by atoms with Crippen molar-refractivity contribution in [1.29, 1.82) is 0 Å². The van der Waals surface area contributed by atoms with Gasteiger partial charge in [0.15, 0.2) is 0 Å². The van der Waals surface area contributed by atoms with E-state index in [9.17, 15) is 8.42 Å². The third kappa shape index (κ3) is 3.31. The smallest absolute Gasteiger partial charge is 0.342 e. The number of aryl methyl sites for hydroxylation is 1. The van der Waals surface area contributed by atoms with E-state index >= 15 is 0 Å². The van der Waals surface area contributed by atoms with Gasteiger partial charge in [0, 0.05) is 5.02 Å². The highest BCUT2D eigenvalue weighted by atomic mass is 35.5. The summed E-state index contributed by atoms with van der Waals surface area (Å²) in [5.41, 5.74) is 1.71. The van der Waals surface area contributed by atoms with Crippen molar-refractivity contribution in [3.63, 3.8) is 0 Å². The zero-order valence-corrected chi connectivity index (χ0v) is 13.5. The lowest BCUT2D eigenvalue weighted by Gasteiger charge is -2.13. The average molecular weight is 327 g/mol. The van der Waals surface area contributed by atoms with Crippen LogP contribution in [0.4, 0.5) is 0 Å². The first-order valence-corrected chi connectivity index (χ1v) is 7.98. The highest BCUT2D eigenvalue weighted by Gasteiger charge is 2.23. The van der Waals surface area contributed by atoms with Gasteiger partial charge in [-0.25, -0.2) is 0 Å². The predicted octanol–water partition coefficient (Wildman–Crippen LogP) is 3.73. The molecule has 4 nitrogen and oxygen atoms in total. The second kappa shape index (κ2) is 5.95. The van der Waals surface area contributed by atoms with Crippen molar-refractivity contribution in [1.82, 2.24) is 0 Å². The lowest BCUT2D eigenvalue weighted by Crippen LogP contribution is -2.12. The number of benzene rings is 2. The summed E-state index contributed by atoms with van der Waals surface area (Å²) in [4.78, 5) is -0.0987. The van der Waals surface area contributed by atoms with Crippen molar-refractivity contribution in [2.45, 2.75) is 18.7 Å². The second-order valence-corrected chi connectivity index (χ2v) is 6.48. The first-order chi connectivity index (χ1) is 9.85. The first kappa shape index (κ1) is 15.7. The minimum atomic E-state index is -4.03.